The molecule has 27 heavy (non-hydrogen) atoms. The number of hydrogen-bond acceptors (Lipinski definition) is 2. The molecule has 0 aliphatic rings. The van der Waals surface area contributed by atoms with Crippen molar-refractivity contribution in [3.05, 3.63) is 99.0 Å². The van der Waals surface area contributed by atoms with E-state index >= 15 is 0 Å². The second-order valence-corrected chi connectivity index (χ2v) is 7.00. The third-order valence-electron chi connectivity index (χ3n) is 4.20. The van der Waals surface area contributed by atoms with Gasteiger partial charge in [0.2, 0.25) is 0 Å². The summed E-state index contributed by atoms with van der Waals surface area (Å²) in [5, 5.41) is 10.0. The number of halogens is 2. The average Bonchev–Trinajstić information content (AvgIpc) is 2.66. The molecule has 0 aliphatic carbocycles. The van der Waals surface area contributed by atoms with E-state index in [4.69, 9.17) is 33.0 Å². The molecule has 0 aromatic heterocycles. The first-order chi connectivity index (χ1) is 13.0. The summed E-state index contributed by atoms with van der Waals surface area (Å²) in [5.41, 5.74) is 3.28. The SMILES string of the molecule is O=C(O)c1ccc(CCc2cc(Cl)cc(Cl)c2OCc2ccccc2)cc1. The molecule has 0 bridgehead atoms. The van der Waals surface area contributed by atoms with Gasteiger partial charge in [0.1, 0.15) is 12.4 Å². The van der Waals surface area contributed by atoms with Crippen molar-refractivity contribution < 1.29 is 14.6 Å². The zero-order valence-electron chi connectivity index (χ0n) is 14.5. The highest BCUT2D eigenvalue weighted by atomic mass is 35.5. The number of ether oxygens (including phenoxy) is 1. The predicted molar refractivity (Wildman–Crippen MR) is 108 cm³/mol. The van der Waals surface area contributed by atoms with Gasteiger partial charge in [-0.25, -0.2) is 4.79 Å². The molecule has 0 spiro atoms. The highest BCUT2D eigenvalue weighted by molar-refractivity contribution is 6.35. The lowest BCUT2D eigenvalue weighted by Gasteiger charge is -2.14. The van der Waals surface area contributed by atoms with Crippen molar-refractivity contribution in [3.63, 3.8) is 0 Å². The quantitative estimate of drug-likeness (QED) is 0.524. The summed E-state index contributed by atoms with van der Waals surface area (Å²) in [7, 11) is 0. The molecule has 0 radical (unpaired) electrons. The zero-order chi connectivity index (χ0) is 19.2. The van der Waals surface area contributed by atoms with Crippen LogP contribution >= 0.6 is 23.2 Å². The molecule has 3 aromatic carbocycles. The van der Waals surface area contributed by atoms with Gasteiger partial charge in [0, 0.05) is 5.02 Å². The molecule has 0 saturated carbocycles. The van der Waals surface area contributed by atoms with Crippen LogP contribution in [0.4, 0.5) is 0 Å². The van der Waals surface area contributed by atoms with Gasteiger partial charge in [0.25, 0.3) is 0 Å². The number of carboxylic acids is 1. The highest BCUT2D eigenvalue weighted by Gasteiger charge is 2.12. The number of rotatable bonds is 7. The van der Waals surface area contributed by atoms with Crippen LogP contribution in [0.25, 0.3) is 0 Å². The summed E-state index contributed by atoms with van der Waals surface area (Å²) in [6, 6.07) is 20.3. The molecule has 1 N–H and O–H groups in total. The van der Waals surface area contributed by atoms with Crippen molar-refractivity contribution in [3.8, 4) is 5.75 Å². The van der Waals surface area contributed by atoms with Gasteiger partial charge >= 0.3 is 5.97 Å². The first-order valence-corrected chi connectivity index (χ1v) is 9.25. The Bertz CT molecular complexity index is 922. The van der Waals surface area contributed by atoms with E-state index < -0.39 is 5.97 Å². The highest BCUT2D eigenvalue weighted by Crippen LogP contribution is 2.34. The van der Waals surface area contributed by atoms with Gasteiger partial charge in [-0.3, -0.25) is 0 Å². The molecule has 0 atom stereocenters. The Morgan fingerprint density at radius 1 is 0.889 bits per heavy atom. The molecule has 0 aliphatic heterocycles. The zero-order valence-corrected chi connectivity index (χ0v) is 16.0. The average molecular weight is 401 g/mol. The monoisotopic (exact) mass is 400 g/mol. The molecule has 3 aromatic rings. The fourth-order valence-corrected chi connectivity index (χ4v) is 3.37. The number of hydrogen-bond donors (Lipinski definition) is 1. The minimum absolute atomic E-state index is 0.274. The molecule has 0 unspecified atom stereocenters. The van der Waals surface area contributed by atoms with Gasteiger partial charge in [-0.1, -0.05) is 65.7 Å². The summed E-state index contributed by atoms with van der Waals surface area (Å²) in [6.45, 7) is 0.419. The van der Waals surface area contributed by atoms with Gasteiger partial charge in [0.15, 0.2) is 0 Å². The van der Waals surface area contributed by atoms with Crippen LogP contribution in [-0.4, -0.2) is 11.1 Å². The lowest BCUT2D eigenvalue weighted by molar-refractivity contribution is 0.0697. The summed E-state index contributed by atoms with van der Waals surface area (Å²) in [4.78, 5) is 11.0. The van der Waals surface area contributed by atoms with Crippen LogP contribution in [0.15, 0.2) is 66.7 Å². The Kier molecular flexibility index (Phi) is 6.38. The Hall–Kier alpha value is -2.49. The van der Waals surface area contributed by atoms with E-state index in [-0.39, 0.29) is 5.56 Å². The second-order valence-electron chi connectivity index (χ2n) is 6.15. The molecule has 5 heteroatoms. The van der Waals surface area contributed by atoms with E-state index in [1.807, 2.05) is 48.5 Å². The van der Waals surface area contributed by atoms with Gasteiger partial charge in [0.05, 0.1) is 10.6 Å². The molecule has 0 amide bonds. The first kappa shape index (κ1) is 19.3. The van der Waals surface area contributed by atoms with Crippen molar-refractivity contribution in [2.24, 2.45) is 0 Å². The smallest absolute Gasteiger partial charge is 0.335 e. The predicted octanol–water partition coefficient (Wildman–Crippen LogP) is 6.06. The molecule has 3 rings (SSSR count). The van der Waals surface area contributed by atoms with E-state index in [0.717, 1.165) is 23.1 Å². The van der Waals surface area contributed by atoms with Crippen LogP contribution in [0.3, 0.4) is 0 Å². The van der Waals surface area contributed by atoms with Crippen LogP contribution in [0.1, 0.15) is 27.0 Å². The van der Waals surface area contributed by atoms with E-state index in [1.165, 1.54) is 0 Å². The normalized spacial score (nSPS) is 10.6. The van der Waals surface area contributed by atoms with Gasteiger partial charge in [-0.2, -0.15) is 0 Å². The van der Waals surface area contributed by atoms with E-state index in [9.17, 15) is 4.79 Å². The summed E-state index contributed by atoms with van der Waals surface area (Å²) in [5.74, 6) is -0.299. The van der Waals surface area contributed by atoms with Crippen molar-refractivity contribution in [1.29, 1.82) is 0 Å². The maximum Gasteiger partial charge on any atom is 0.335 e. The van der Waals surface area contributed by atoms with Crippen LogP contribution in [0.5, 0.6) is 5.75 Å². The molecule has 0 fully saturated rings. The Balaban J connectivity index is 1.74. The summed E-state index contributed by atoms with van der Waals surface area (Å²) < 4.78 is 5.98. The Morgan fingerprint density at radius 2 is 1.59 bits per heavy atom. The lowest BCUT2D eigenvalue weighted by Crippen LogP contribution is -2.01. The molecule has 138 valence electrons. The molecule has 3 nitrogen and oxygen atoms in total. The van der Waals surface area contributed by atoms with Crippen molar-refractivity contribution in [2.45, 2.75) is 19.4 Å². The maximum absolute atomic E-state index is 11.0. The summed E-state index contributed by atoms with van der Waals surface area (Å²) >= 11 is 12.5. The lowest BCUT2D eigenvalue weighted by atomic mass is 10.0. The number of aromatic carboxylic acids is 1. The largest absolute Gasteiger partial charge is 0.487 e. The first-order valence-electron chi connectivity index (χ1n) is 8.50. The summed E-state index contributed by atoms with van der Waals surface area (Å²) in [6.07, 6.45) is 1.40. The van der Waals surface area contributed by atoms with E-state index in [1.54, 1.807) is 18.2 Å². The molecule has 0 heterocycles. The van der Waals surface area contributed by atoms with Gasteiger partial charge < -0.3 is 9.84 Å². The maximum atomic E-state index is 11.0. The third-order valence-corrected chi connectivity index (χ3v) is 4.69. The minimum atomic E-state index is -0.931. The third kappa shape index (κ3) is 5.25. The minimum Gasteiger partial charge on any atom is -0.487 e. The number of benzene rings is 3. The van der Waals surface area contributed by atoms with Crippen LogP contribution in [0.2, 0.25) is 10.0 Å². The van der Waals surface area contributed by atoms with Crippen LogP contribution in [-0.2, 0) is 19.4 Å². The van der Waals surface area contributed by atoms with Gasteiger partial charge in [-0.15, -0.1) is 0 Å². The standard InChI is InChI=1S/C22H18Cl2O3/c23-19-12-18(11-8-15-6-9-17(10-7-15)22(25)26)21(20(24)13-19)27-14-16-4-2-1-3-5-16/h1-7,9-10,12-13H,8,11,14H2,(H,25,26). The second kappa shape index (κ2) is 8.94. The van der Waals surface area contributed by atoms with Crippen molar-refractivity contribution in [1.82, 2.24) is 0 Å². The molecule has 0 saturated heterocycles. The number of carbonyl (C=O) groups is 1. The molecular weight excluding hydrogens is 383 g/mol. The van der Waals surface area contributed by atoms with Gasteiger partial charge in [-0.05, 0) is 53.8 Å². The fraction of sp³-hybridized carbons (Fsp3) is 0.136. The van der Waals surface area contributed by atoms with Crippen LogP contribution < -0.4 is 4.74 Å². The topological polar surface area (TPSA) is 46.5 Å². The Labute approximate surface area is 168 Å². The van der Waals surface area contributed by atoms with E-state index in [0.29, 0.717) is 28.8 Å². The molecular formula is C22H18Cl2O3. The number of carboxylic acid groups (broad SMARTS) is 1. The van der Waals surface area contributed by atoms with Crippen molar-refractivity contribution in [2.75, 3.05) is 0 Å². The Morgan fingerprint density at radius 3 is 2.26 bits per heavy atom. The van der Waals surface area contributed by atoms with E-state index in [2.05, 4.69) is 0 Å². The van der Waals surface area contributed by atoms with Crippen molar-refractivity contribution >= 4 is 29.2 Å². The number of aryl methyl sites for hydroxylation is 2. The fourth-order valence-electron chi connectivity index (χ4n) is 2.78. The van der Waals surface area contributed by atoms with Crippen LogP contribution in [0, 0.1) is 0 Å².